The maximum Gasteiger partial charge on any atom is 0.249 e. The van der Waals surface area contributed by atoms with Crippen LogP contribution in [0, 0.1) is 0 Å². The summed E-state index contributed by atoms with van der Waals surface area (Å²) in [6.07, 6.45) is 6.83. The Hall–Kier alpha value is -2.65. The molecule has 0 radical (unpaired) electrons. The Kier molecular flexibility index (Phi) is 4.60. The molecule has 0 bridgehead atoms. The highest BCUT2D eigenvalue weighted by atomic mass is 32.2. The van der Waals surface area contributed by atoms with Crippen molar-refractivity contribution >= 4 is 29.5 Å². The van der Waals surface area contributed by atoms with Crippen molar-refractivity contribution in [2.75, 3.05) is 5.75 Å². The second kappa shape index (κ2) is 6.69. The van der Waals surface area contributed by atoms with Gasteiger partial charge in [0.15, 0.2) is 18.9 Å². The Labute approximate surface area is 147 Å². The van der Waals surface area contributed by atoms with E-state index in [1.165, 1.54) is 16.7 Å². The molecule has 1 saturated heterocycles. The van der Waals surface area contributed by atoms with Crippen LogP contribution in [0.3, 0.4) is 0 Å². The van der Waals surface area contributed by atoms with Crippen molar-refractivity contribution in [1.29, 1.82) is 0 Å². The highest BCUT2D eigenvalue weighted by molar-refractivity contribution is 8.00. The number of rotatable bonds is 5. The molecule has 8 nitrogen and oxygen atoms in total. The van der Waals surface area contributed by atoms with E-state index in [1.54, 1.807) is 41.2 Å². The van der Waals surface area contributed by atoms with Crippen molar-refractivity contribution in [2.24, 2.45) is 11.5 Å². The number of amides is 2. The van der Waals surface area contributed by atoms with E-state index in [1.807, 2.05) is 0 Å². The van der Waals surface area contributed by atoms with E-state index in [2.05, 4.69) is 0 Å². The molecule has 3 heterocycles. The molecule has 4 N–H and O–H groups in total. The van der Waals surface area contributed by atoms with Gasteiger partial charge < -0.3 is 21.4 Å². The number of hydrogen-bond acceptors (Lipinski definition) is 6. The van der Waals surface area contributed by atoms with Crippen LogP contribution in [0.15, 0.2) is 47.9 Å². The smallest absolute Gasteiger partial charge is 0.249 e. The van der Waals surface area contributed by atoms with Crippen LogP contribution in [-0.2, 0) is 16.1 Å². The minimum atomic E-state index is -1.39. The average Bonchev–Trinajstić information content (AvgIpc) is 2.60. The highest BCUT2D eigenvalue weighted by Gasteiger charge is 2.49. The molecule has 2 aliphatic rings. The first-order chi connectivity index (χ1) is 11.9. The van der Waals surface area contributed by atoms with E-state index in [0.717, 1.165) is 0 Å². The monoisotopic (exact) mass is 360 g/mol. The lowest BCUT2D eigenvalue weighted by atomic mass is 10.0. The molecule has 9 heteroatoms. The van der Waals surface area contributed by atoms with Gasteiger partial charge in [-0.2, -0.15) is 0 Å². The lowest BCUT2D eigenvalue weighted by molar-refractivity contribution is -0.687. The molecule has 0 spiro atoms. The number of nitrogens with zero attached hydrogens (tertiary/aromatic N) is 2. The van der Waals surface area contributed by atoms with E-state index in [0.29, 0.717) is 23.4 Å². The van der Waals surface area contributed by atoms with Crippen LogP contribution < -0.4 is 21.1 Å². The number of aliphatic carboxylic acids is 1. The fourth-order valence-corrected chi connectivity index (χ4v) is 3.98. The van der Waals surface area contributed by atoms with Gasteiger partial charge in [-0.1, -0.05) is 6.08 Å². The van der Waals surface area contributed by atoms with Gasteiger partial charge in [-0.3, -0.25) is 14.5 Å². The maximum absolute atomic E-state index is 11.8. The second-order valence-electron chi connectivity index (χ2n) is 5.65. The third-order valence-corrected chi connectivity index (χ3v) is 5.37. The molecule has 1 aromatic heterocycles. The van der Waals surface area contributed by atoms with Crippen LogP contribution in [0.25, 0.3) is 0 Å². The van der Waals surface area contributed by atoms with Gasteiger partial charge in [0.1, 0.15) is 11.4 Å². The van der Waals surface area contributed by atoms with E-state index >= 15 is 0 Å². The van der Waals surface area contributed by atoms with E-state index in [-0.39, 0.29) is 11.1 Å². The Morgan fingerprint density at radius 3 is 2.68 bits per heavy atom. The molecule has 1 fully saturated rings. The summed E-state index contributed by atoms with van der Waals surface area (Å²) in [6, 6.07) is 2.54. The SMILES string of the molecule is NC(=O)c1cc[n+](CC=CC2=C(C(=O)[O-])N3C(=O)C(N)[C@@H]3SC2)cc1. The molecule has 0 saturated carbocycles. The van der Waals surface area contributed by atoms with Gasteiger partial charge in [-0.05, 0) is 11.6 Å². The molecule has 2 aliphatic heterocycles. The number of carbonyl (C=O) groups excluding carboxylic acids is 3. The maximum atomic E-state index is 11.8. The van der Waals surface area contributed by atoms with Gasteiger partial charge in [0.05, 0.1) is 17.2 Å². The molecule has 2 atom stereocenters. The minimum Gasteiger partial charge on any atom is -0.543 e. The van der Waals surface area contributed by atoms with E-state index < -0.39 is 23.8 Å². The van der Waals surface area contributed by atoms with Gasteiger partial charge in [0.2, 0.25) is 11.8 Å². The zero-order valence-corrected chi connectivity index (χ0v) is 13.9. The van der Waals surface area contributed by atoms with Gasteiger partial charge in [-0.15, -0.1) is 11.8 Å². The van der Waals surface area contributed by atoms with Crippen LogP contribution in [0.2, 0.25) is 0 Å². The molecule has 1 aromatic rings. The lowest BCUT2D eigenvalue weighted by Gasteiger charge is -2.49. The number of nitrogens with two attached hydrogens (primary N) is 2. The molecular formula is C16H16N4O4S. The first-order valence-corrected chi connectivity index (χ1v) is 8.55. The summed E-state index contributed by atoms with van der Waals surface area (Å²) in [4.78, 5) is 35.5. The largest absolute Gasteiger partial charge is 0.543 e. The fraction of sp³-hybridized carbons (Fsp3) is 0.250. The first-order valence-electron chi connectivity index (χ1n) is 7.50. The number of aromatic nitrogens is 1. The number of hydrogen-bond donors (Lipinski definition) is 2. The van der Waals surface area contributed by atoms with Crippen LogP contribution in [0.4, 0.5) is 0 Å². The van der Waals surface area contributed by atoms with Crippen molar-refractivity contribution in [3.05, 3.63) is 53.5 Å². The molecule has 3 rings (SSSR count). The van der Waals surface area contributed by atoms with Gasteiger partial charge >= 0.3 is 0 Å². The predicted molar refractivity (Wildman–Crippen MR) is 87.4 cm³/mol. The minimum absolute atomic E-state index is 0.110. The van der Waals surface area contributed by atoms with E-state index in [9.17, 15) is 19.5 Å². The molecule has 130 valence electrons. The Morgan fingerprint density at radius 1 is 1.40 bits per heavy atom. The van der Waals surface area contributed by atoms with Crippen LogP contribution in [0.1, 0.15) is 10.4 Å². The molecule has 2 amide bonds. The third kappa shape index (κ3) is 3.15. The second-order valence-corrected chi connectivity index (χ2v) is 6.75. The Balaban J connectivity index is 1.76. The zero-order valence-electron chi connectivity index (χ0n) is 13.1. The summed E-state index contributed by atoms with van der Waals surface area (Å²) in [7, 11) is 0. The summed E-state index contributed by atoms with van der Waals surface area (Å²) in [5.74, 6) is -1.85. The van der Waals surface area contributed by atoms with Crippen molar-refractivity contribution in [2.45, 2.75) is 18.0 Å². The summed E-state index contributed by atoms with van der Waals surface area (Å²) < 4.78 is 1.80. The van der Waals surface area contributed by atoms with Crippen molar-refractivity contribution in [1.82, 2.24) is 4.90 Å². The van der Waals surface area contributed by atoms with Crippen molar-refractivity contribution in [3.63, 3.8) is 0 Å². The number of carbonyl (C=O) groups is 3. The van der Waals surface area contributed by atoms with Gasteiger partial charge in [0.25, 0.3) is 0 Å². The molecule has 0 aromatic carbocycles. The zero-order chi connectivity index (χ0) is 18.1. The number of fused-ring (bicyclic) bond motifs is 1. The topological polar surface area (TPSA) is 133 Å². The number of allylic oxidation sites excluding steroid dienone is 2. The van der Waals surface area contributed by atoms with Gasteiger partial charge in [-0.25, -0.2) is 4.57 Å². The summed E-state index contributed by atoms with van der Waals surface area (Å²) in [5.41, 5.74) is 11.7. The number of thioether (sulfide) groups is 1. The molecular weight excluding hydrogens is 344 g/mol. The summed E-state index contributed by atoms with van der Waals surface area (Å²) in [6.45, 7) is 0.463. The summed E-state index contributed by atoms with van der Waals surface area (Å²) >= 11 is 1.43. The van der Waals surface area contributed by atoms with Gasteiger partial charge in [0, 0.05) is 17.9 Å². The third-order valence-electron chi connectivity index (χ3n) is 4.04. The van der Waals surface area contributed by atoms with Crippen LogP contribution in [-0.4, -0.2) is 39.9 Å². The normalized spacial score (nSPS) is 22.8. The number of carboxylic acid groups (broad SMARTS) is 1. The summed E-state index contributed by atoms with van der Waals surface area (Å²) in [5, 5.41) is 11.1. The highest BCUT2D eigenvalue weighted by Crippen LogP contribution is 2.39. The standard InChI is InChI=1S/C16H16N4O4S/c17-11-14(22)20-12(16(23)24)10(8-25-15(11)20)2-1-5-19-6-3-9(4-7-19)13(18)21/h1-4,6-7,11,15H,5,8,17H2,(H2-,18,21,23,24)/t11?,15-/m0/s1. The van der Waals surface area contributed by atoms with Crippen LogP contribution >= 0.6 is 11.8 Å². The molecule has 1 unspecified atom stereocenters. The Bertz CT molecular complexity index is 803. The van der Waals surface area contributed by atoms with Crippen LogP contribution in [0.5, 0.6) is 0 Å². The Morgan fingerprint density at radius 2 is 2.08 bits per heavy atom. The predicted octanol–water partition coefficient (Wildman–Crippen LogP) is -2.12. The number of carboxylic acids is 1. The number of pyridine rings is 1. The lowest BCUT2D eigenvalue weighted by Crippen LogP contribution is -2.69. The van der Waals surface area contributed by atoms with Crippen molar-refractivity contribution < 1.29 is 24.1 Å². The number of β-lactam (4-membered cyclic amide) rings is 1. The average molecular weight is 360 g/mol. The molecule has 0 aliphatic carbocycles. The quantitative estimate of drug-likeness (QED) is 0.455. The fourth-order valence-electron chi connectivity index (χ4n) is 2.72. The molecule has 25 heavy (non-hydrogen) atoms. The van der Waals surface area contributed by atoms with Crippen molar-refractivity contribution in [3.8, 4) is 0 Å². The van der Waals surface area contributed by atoms with E-state index in [4.69, 9.17) is 11.5 Å². The first kappa shape index (κ1) is 17.2. The number of primary amides is 1.